The summed E-state index contributed by atoms with van der Waals surface area (Å²) in [5, 5.41) is 8.54. The number of anilines is 1. The number of thiazole rings is 2. The summed E-state index contributed by atoms with van der Waals surface area (Å²) in [5.74, 6) is 0. The Kier molecular flexibility index (Phi) is 4.47. The van der Waals surface area contributed by atoms with Crippen LogP contribution in [0.5, 0.6) is 0 Å². The Morgan fingerprint density at radius 1 is 1.33 bits per heavy atom. The number of piperazine rings is 1. The molecule has 1 aliphatic rings. The molecule has 0 unspecified atom stereocenters. The lowest BCUT2D eigenvalue weighted by molar-refractivity contribution is 0.142. The van der Waals surface area contributed by atoms with Crippen molar-refractivity contribution in [3.8, 4) is 0 Å². The van der Waals surface area contributed by atoms with Crippen LogP contribution in [0.3, 0.4) is 0 Å². The molecule has 2 aromatic rings. The van der Waals surface area contributed by atoms with Crippen LogP contribution in [0.2, 0.25) is 0 Å². The van der Waals surface area contributed by atoms with Crippen LogP contribution in [0.15, 0.2) is 17.0 Å². The lowest BCUT2D eigenvalue weighted by Crippen LogP contribution is -2.49. The fraction of sp³-hybridized carbons (Fsp3) is 0.462. The van der Waals surface area contributed by atoms with Crippen molar-refractivity contribution >= 4 is 33.8 Å². The van der Waals surface area contributed by atoms with E-state index < -0.39 is 0 Å². The normalized spacial score (nSPS) is 16.1. The van der Waals surface area contributed by atoms with Crippen LogP contribution < -0.4 is 5.32 Å². The number of aromatic nitrogens is 2. The molecule has 1 N–H and O–H groups in total. The number of nitrogens with zero attached hydrogens (tertiary/aromatic N) is 4. The van der Waals surface area contributed by atoms with Gasteiger partial charge in [0.15, 0.2) is 5.13 Å². The molecule has 8 heteroatoms. The smallest absolute Gasteiger partial charge is 0.322 e. The topological polar surface area (TPSA) is 61.4 Å². The van der Waals surface area contributed by atoms with Crippen LogP contribution in [0, 0.1) is 6.92 Å². The minimum atomic E-state index is -0.0610. The van der Waals surface area contributed by atoms with E-state index in [1.807, 2.05) is 17.2 Å². The summed E-state index contributed by atoms with van der Waals surface area (Å²) in [5.41, 5.74) is 1.12. The molecular weight excluding hydrogens is 306 g/mol. The Balaban J connectivity index is 1.47. The van der Waals surface area contributed by atoms with Gasteiger partial charge in [0.1, 0.15) is 0 Å². The number of urea groups is 1. The van der Waals surface area contributed by atoms with Gasteiger partial charge in [0.2, 0.25) is 0 Å². The first-order valence-electron chi connectivity index (χ1n) is 6.79. The summed E-state index contributed by atoms with van der Waals surface area (Å²) in [6.07, 6.45) is 1.69. The Hall–Kier alpha value is -1.51. The van der Waals surface area contributed by atoms with E-state index in [4.69, 9.17) is 0 Å². The Morgan fingerprint density at radius 2 is 2.14 bits per heavy atom. The Labute approximate surface area is 131 Å². The molecule has 6 nitrogen and oxygen atoms in total. The molecule has 1 saturated heterocycles. The first-order chi connectivity index (χ1) is 10.2. The quantitative estimate of drug-likeness (QED) is 0.941. The van der Waals surface area contributed by atoms with Crippen molar-refractivity contribution in [2.75, 3.05) is 31.5 Å². The minimum absolute atomic E-state index is 0.0610. The molecule has 0 aliphatic carbocycles. The standard InChI is InChI=1S/C13H17N5OS2/c1-10-15-11(9-21-10)8-17-3-5-18(6-4-17)13(19)16-12-14-2-7-20-12/h2,7,9H,3-6,8H2,1H3,(H,14,16,19). The predicted molar refractivity (Wildman–Crippen MR) is 84.8 cm³/mol. The fourth-order valence-electron chi connectivity index (χ4n) is 2.27. The van der Waals surface area contributed by atoms with Gasteiger partial charge in [-0.25, -0.2) is 14.8 Å². The van der Waals surface area contributed by atoms with Crippen molar-refractivity contribution in [2.45, 2.75) is 13.5 Å². The third-order valence-electron chi connectivity index (χ3n) is 3.36. The van der Waals surface area contributed by atoms with Crippen molar-refractivity contribution in [1.29, 1.82) is 0 Å². The summed E-state index contributed by atoms with van der Waals surface area (Å²) in [4.78, 5) is 24.8. The monoisotopic (exact) mass is 323 g/mol. The second-order valence-corrected chi connectivity index (χ2v) is 6.85. The van der Waals surface area contributed by atoms with Gasteiger partial charge in [0.25, 0.3) is 0 Å². The van der Waals surface area contributed by atoms with Gasteiger partial charge in [-0.2, -0.15) is 0 Å². The van der Waals surface area contributed by atoms with E-state index in [1.165, 1.54) is 11.3 Å². The molecule has 3 rings (SSSR count). The van der Waals surface area contributed by atoms with Gasteiger partial charge in [0, 0.05) is 49.7 Å². The zero-order valence-electron chi connectivity index (χ0n) is 11.8. The summed E-state index contributed by atoms with van der Waals surface area (Å²) in [6, 6.07) is -0.0610. The maximum atomic E-state index is 12.1. The molecule has 1 fully saturated rings. The third kappa shape index (κ3) is 3.78. The van der Waals surface area contributed by atoms with Crippen molar-refractivity contribution < 1.29 is 4.79 Å². The minimum Gasteiger partial charge on any atom is -0.322 e. The average Bonchev–Trinajstić information content (AvgIpc) is 3.12. The first kappa shape index (κ1) is 14.4. The molecule has 0 bridgehead atoms. The van der Waals surface area contributed by atoms with Gasteiger partial charge in [-0.05, 0) is 6.92 Å². The highest BCUT2D eigenvalue weighted by Gasteiger charge is 2.22. The van der Waals surface area contributed by atoms with E-state index >= 15 is 0 Å². The number of rotatable bonds is 3. The van der Waals surface area contributed by atoms with E-state index in [2.05, 4.69) is 25.6 Å². The summed E-state index contributed by atoms with van der Waals surface area (Å²) >= 11 is 3.12. The molecule has 0 spiro atoms. The largest absolute Gasteiger partial charge is 0.323 e. The summed E-state index contributed by atoms with van der Waals surface area (Å²) in [7, 11) is 0. The number of hydrogen-bond acceptors (Lipinski definition) is 6. The van der Waals surface area contributed by atoms with Gasteiger partial charge >= 0.3 is 6.03 Å². The number of carbonyl (C=O) groups is 1. The lowest BCUT2D eigenvalue weighted by atomic mass is 10.3. The molecule has 0 radical (unpaired) electrons. The molecule has 0 atom stereocenters. The fourth-order valence-corrected chi connectivity index (χ4v) is 3.40. The van der Waals surface area contributed by atoms with Crippen LogP contribution in [0.25, 0.3) is 0 Å². The number of carbonyl (C=O) groups excluding carboxylic acids is 1. The first-order valence-corrected chi connectivity index (χ1v) is 8.55. The van der Waals surface area contributed by atoms with Gasteiger partial charge in [0.05, 0.1) is 10.7 Å². The van der Waals surface area contributed by atoms with E-state index in [-0.39, 0.29) is 6.03 Å². The Bertz CT molecular complexity index is 589. The second kappa shape index (κ2) is 6.50. The van der Waals surface area contributed by atoms with E-state index in [0.717, 1.165) is 43.4 Å². The third-order valence-corrected chi connectivity index (χ3v) is 4.87. The molecule has 112 valence electrons. The van der Waals surface area contributed by atoms with E-state index in [1.54, 1.807) is 17.5 Å². The highest BCUT2D eigenvalue weighted by Crippen LogP contribution is 2.14. The van der Waals surface area contributed by atoms with Gasteiger partial charge in [-0.1, -0.05) is 0 Å². The van der Waals surface area contributed by atoms with Crippen LogP contribution in [-0.2, 0) is 6.54 Å². The zero-order valence-corrected chi connectivity index (χ0v) is 13.4. The predicted octanol–water partition coefficient (Wildman–Crippen LogP) is 2.26. The highest BCUT2D eigenvalue weighted by atomic mass is 32.1. The SMILES string of the molecule is Cc1nc(CN2CCN(C(=O)Nc3nccs3)CC2)cs1. The number of aryl methyl sites for hydroxylation is 1. The molecule has 3 heterocycles. The number of hydrogen-bond donors (Lipinski definition) is 1. The number of nitrogens with one attached hydrogen (secondary N) is 1. The second-order valence-electron chi connectivity index (χ2n) is 4.89. The van der Waals surface area contributed by atoms with Crippen molar-refractivity contribution in [1.82, 2.24) is 19.8 Å². The highest BCUT2D eigenvalue weighted by molar-refractivity contribution is 7.13. The molecule has 0 aromatic carbocycles. The molecule has 2 aromatic heterocycles. The van der Waals surface area contributed by atoms with Crippen molar-refractivity contribution in [3.63, 3.8) is 0 Å². The van der Waals surface area contributed by atoms with Crippen molar-refractivity contribution in [3.05, 3.63) is 27.7 Å². The molecule has 0 saturated carbocycles. The van der Waals surface area contributed by atoms with Crippen LogP contribution in [0.1, 0.15) is 10.7 Å². The van der Waals surface area contributed by atoms with Crippen molar-refractivity contribution in [2.24, 2.45) is 0 Å². The van der Waals surface area contributed by atoms with Gasteiger partial charge < -0.3 is 4.90 Å². The van der Waals surface area contributed by atoms with Crippen LogP contribution in [0.4, 0.5) is 9.93 Å². The lowest BCUT2D eigenvalue weighted by Gasteiger charge is -2.34. The van der Waals surface area contributed by atoms with Gasteiger partial charge in [-0.15, -0.1) is 22.7 Å². The molecule has 1 aliphatic heterocycles. The van der Waals surface area contributed by atoms with E-state index in [0.29, 0.717) is 5.13 Å². The molecule has 2 amide bonds. The maximum absolute atomic E-state index is 12.1. The summed E-state index contributed by atoms with van der Waals surface area (Å²) in [6.45, 7) is 6.12. The molecule has 21 heavy (non-hydrogen) atoms. The maximum Gasteiger partial charge on any atom is 0.323 e. The number of amides is 2. The average molecular weight is 323 g/mol. The van der Waals surface area contributed by atoms with Crippen LogP contribution >= 0.6 is 22.7 Å². The molecular formula is C13H17N5OS2. The zero-order chi connectivity index (χ0) is 14.7. The van der Waals surface area contributed by atoms with Gasteiger partial charge in [-0.3, -0.25) is 10.2 Å². The Morgan fingerprint density at radius 3 is 2.76 bits per heavy atom. The summed E-state index contributed by atoms with van der Waals surface area (Å²) < 4.78 is 0. The van der Waals surface area contributed by atoms with Crippen LogP contribution in [-0.4, -0.2) is 52.0 Å². The van der Waals surface area contributed by atoms with E-state index in [9.17, 15) is 4.79 Å².